The van der Waals surface area contributed by atoms with Crippen molar-refractivity contribution in [3.05, 3.63) is 81.0 Å². The van der Waals surface area contributed by atoms with Crippen LogP contribution in [0, 0.1) is 10.1 Å². The largest absolute Gasteiger partial charge is 0.369 e. The van der Waals surface area contributed by atoms with Crippen LogP contribution < -0.4 is 10.2 Å². The van der Waals surface area contributed by atoms with Crippen LogP contribution in [0.2, 0.25) is 0 Å². The summed E-state index contributed by atoms with van der Waals surface area (Å²) in [6.45, 7) is 7.91. The van der Waals surface area contributed by atoms with E-state index in [2.05, 4.69) is 32.4 Å². The minimum absolute atomic E-state index is 0.0790. The normalized spacial score (nSPS) is 16.8. The van der Waals surface area contributed by atoms with E-state index in [0.29, 0.717) is 16.9 Å². The Morgan fingerprint density at radius 3 is 2.45 bits per heavy atom. The van der Waals surface area contributed by atoms with Gasteiger partial charge in [0.05, 0.1) is 29.1 Å². The minimum Gasteiger partial charge on any atom is -0.369 e. The lowest BCUT2D eigenvalue weighted by molar-refractivity contribution is -0.385. The van der Waals surface area contributed by atoms with Crippen molar-refractivity contribution in [1.82, 2.24) is 20.0 Å². The monoisotopic (exact) mass is 517 g/mol. The van der Waals surface area contributed by atoms with Crippen molar-refractivity contribution < 1.29 is 14.5 Å². The number of carbonyl (C=O) groups is 2. The summed E-state index contributed by atoms with van der Waals surface area (Å²) >= 11 is 0. The summed E-state index contributed by atoms with van der Waals surface area (Å²) in [5, 5.41) is 21.6. The lowest BCUT2D eigenvalue weighted by Gasteiger charge is -2.34. The molecule has 1 fully saturated rings. The highest BCUT2D eigenvalue weighted by atomic mass is 16.6. The first-order valence-corrected chi connectivity index (χ1v) is 12.6. The molecule has 1 aromatic heterocycles. The second-order valence-electron chi connectivity index (χ2n) is 10.3. The van der Waals surface area contributed by atoms with Gasteiger partial charge < -0.3 is 20.0 Å². The number of nitrogens with zero attached hydrogens (tertiary/aromatic N) is 5. The zero-order chi connectivity index (χ0) is 27.0. The van der Waals surface area contributed by atoms with Gasteiger partial charge in [-0.05, 0) is 45.2 Å². The van der Waals surface area contributed by atoms with Gasteiger partial charge >= 0.3 is 0 Å². The third kappa shape index (κ3) is 4.72. The zero-order valence-electron chi connectivity index (χ0n) is 21.7. The summed E-state index contributed by atoms with van der Waals surface area (Å²) in [4.78, 5) is 43.5. The first kappa shape index (κ1) is 25.4. The number of likely N-dealkylation sites (N-methyl/N-ethyl adjacent to an activating group) is 1. The number of anilines is 2. The highest BCUT2D eigenvalue weighted by Gasteiger charge is 2.44. The minimum atomic E-state index is -0.726. The van der Waals surface area contributed by atoms with Crippen molar-refractivity contribution in [2.75, 3.05) is 43.4 Å². The number of fused-ring (bicyclic) bond motifs is 1. The number of nitro benzene ring substituents is 1. The van der Waals surface area contributed by atoms with E-state index in [4.69, 9.17) is 0 Å². The van der Waals surface area contributed by atoms with E-state index in [9.17, 15) is 19.7 Å². The Kier molecular flexibility index (Phi) is 6.62. The van der Waals surface area contributed by atoms with Crippen molar-refractivity contribution in [3.8, 4) is 0 Å². The van der Waals surface area contributed by atoms with Gasteiger partial charge in [0.25, 0.3) is 11.6 Å². The van der Waals surface area contributed by atoms with E-state index in [0.717, 1.165) is 43.1 Å². The van der Waals surface area contributed by atoms with Crippen LogP contribution in [-0.2, 0) is 23.3 Å². The summed E-state index contributed by atoms with van der Waals surface area (Å²) in [5.41, 5.74) is 2.62. The van der Waals surface area contributed by atoms with E-state index in [-0.39, 0.29) is 30.5 Å². The zero-order valence-corrected chi connectivity index (χ0v) is 21.7. The standard InChI is InChI=1S/C27H31N7O4/c1-27(2)24-21(17-33(27)23(35)16-19-6-4-5-7-22(19)34(37)38)25(30-29-24)28-26(36)18-8-10-20(11-9-18)32-14-12-31(3)13-15-32/h4-11H,12-17H2,1-3H3,(H2,28,29,30,36). The lowest BCUT2D eigenvalue weighted by atomic mass is 9.99. The summed E-state index contributed by atoms with van der Waals surface area (Å²) in [7, 11) is 2.11. The highest BCUT2D eigenvalue weighted by molar-refractivity contribution is 6.04. The van der Waals surface area contributed by atoms with E-state index in [1.165, 1.54) is 6.07 Å². The van der Waals surface area contributed by atoms with Crippen LogP contribution in [0.3, 0.4) is 0 Å². The molecule has 2 aliphatic rings. The van der Waals surface area contributed by atoms with Gasteiger partial charge in [0.2, 0.25) is 5.91 Å². The Morgan fingerprint density at radius 1 is 1.08 bits per heavy atom. The number of carbonyl (C=O) groups excluding carboxylic acids is 2. The van der Waals surface area contributed by atoms with Gasteiger partial charge in [0, 0.05) is 54.6 Å². The van der Waals surface area contributed by atoms with Gasteiger partial charge in [0.1, 0.15) is 0 Å². The van der Waals surface area contributed by atoms with Crippen LogP contribution in [0.15, 0.2) is 48.5 Å². The third-order valence-electron chi connectivity index (χ3n) is 7.53. The van der Waals surface area contributed by atoms with Gasteiger partial charge in [-0.3, -0.25) is 24.8 Å². The Bertz CT molecular complexity index is 1370. The summed E-state index contributed by atoms with van der Waals surface area (Å²) in [6.07, 6.45) is -0.0976. The summed E-state index contributed by atoms with van der Waals surface area (Å²) < 4.78 is 0. The third-order valence-corrected chi connectivity index (χ3v) is 7.53. The number of rotatable bonds is 6. The first-order valence-electron chi connectivity index (χ1n) is 12.6. The van der Waals surface area contributed by atoms with Crippen LogP contribution in [0.4, 0.5) is 17.2 Å². The molecule has 3 heterocycles. The number of piperazine rings is 1. The van der Waals surface area contributed by atoms with Crippen molar-refractivity contribution >= 4 is 29.0 Å². The fourth-order valence-electron chi connectivity index (χ4n) is 5.18. The number of amides is 2. The number of nitrogens with one attached hydrogen (secondary N) is 2. The van der Waals surface area contributed by atoms with Crippen LogP contribution in [0.5, 0.6) is 0 Å². The molecule has 0 aliphatic carbocycles. The van der Waals surface area contributed by atoms with Gasteiger partial charge in [-0.25, -0.2) is 0 Å². The maximum absolute atomic E-state index is 13.3. The molecule has 0 spiro atoms. The number of aromatic nitrogens is 2. The molecule has 2 amide bonds. The second kappa shape index (κ2) is 9.90. The van der Waals surface area contributed by atoms with Crippen molar-refractivity contribution in [2.45, 2.75) is 32.4 Å². The molecule has 11 heteroatoms. The Labute approximate surface area is 220 Å². The number of hydrogen-bond donors (Lipinski definition) is 2. The average molecular weight is 518 g/mol. The van der Waals surface area contributed by atoms with Gasteiger partial charge in [-0.15, -0.1) is 0 Å². The fourth-order valence-corrected chi connectivity index (χ4v) is 5.18. The predicted octanol–water partition coefficient (Wildman–Crippen LogP) is 3.14. The second-order valence-corrected chi connectivity index (χ2v) is 10.3. The fraction of sp³-hybridized carbons (Fsp3) is 0.370. The van der Waals surface area contributed by atoms with E-state index < -0.39 is 10.5 Å². The molecule has 3 aromatic rings. The molecule has 1 saturated heterocycles. The smallest absolute Gasteiger partial charge is 0.273 e. The molecule has 198 valence electrons. The molecule has 0 saturated carbocycles. The van der Waals surface area contributed by atoms with E-state index in [1.807, 2.05) is 38.1 Å². The number of hydrogen-bond acceptors (Lipinski definition) is 7. The number of para-hydroxylation sites is 1. The van der Waals surface area contributed by atoms with Gasteiger partial charge in [-0.1, -0.05) is 18.2 Å². The van der Waals surface area contributed by atoms with Gasteiger partial charge in [0.15, 0.2) is 5.82 Å². The Balaban J connectivity index is 1.28. The molecular weight excluding hydrogens is 486 g/mol. The number of nitro groups is 1. The van der Waals surface area contributed by atoms with Crippen LogP contribution >= 0.6 is 0 Å². The molecule has 2 aliphatic heterocycles. The molecule has 0 bridgehead atoms. The molecule has 11 nitrogen and oxygen atoms in total. The van der Waals surface area contributed by atoms with Crippen molar-refractivity contribution in [3.63, 3.8) is 0 Å². The predicted molar refractivity (Wildman–Crippen MR) is 143 cm³/mol. The molecule has 5 rings (SSSR count). The summed E-state index contributed by atoms with van der Waals surface area (Å²) in [6, 6.07) is 13.8. The number of H-pyrrole nitrogens is 1. The van der Waals surface area contributed by atoms with Crippen LogP contribution in [-0.4, -0.2) is 70.0 Å². The van der Waals surface area contributed by atoms with Gasteiger partial charge in [-0.2, -0.15) is 5.10 Å². The maximum Gasteiger partial charge on any atom is 0.273 e. The first-order chi connectivity index (χ1) is 18.1. The topological polar surface area (TPSA) is 128 Å². The maximum atomic E-state index is 13.3. The molecule has 0 radical (unpaired) electrons. The highest BCUT2D eigenvalue weighted by Crippen LogP contribution is 2.41. The van der Waals surface area contributed by atoms with E-state index >= 15 is 0 Å². The Morgan fingerprint density at radius 2 is 1.76 bits per heavy atom. The SMILES string of the molecule is CN1CCN(c2ccc(C(=O)Nc3n[nH]c4c3CN(C(=O)Cc3ccccc3[N+](=O)[O-])C4(C)C)cc2)CC1. The van der Waals surface area contributed by atoms with Crippen molar-refractivity contribution in [2.24, 2.45) is 0 Å². The molecular formula is C27H31N7O4. The molecule has 2 aromatic carbocycles. The number of benzene rings is 2. The quantitative estimate of drug-likeness (QED) is 0.380. The lowest BCUT2D eigenvalue weighted by Crippen LogP contribution is -2.44. The van der Waals surface area contributed by atoms with Crippen molar-refractivity contribution in [1.29, 1.82) is 0 Å². The molecule has 0 atom stereocenters. The van der Waals surface area contributed by atoms with E-state index in [1.54, 1.807) is 23.1 Å². The Hall–Kier alpha value is -4.25. The number of aromatic amines is 1. The van der Waals surface area contributed by atoms with Crippen LogP contribution in [0.1, 0.15) is 41.0 Å². The molecule has 38 heavy (non-hydrogen) atoms. The van der Waals surface area contributed by atoms with Crippen LogP contribution in [0.25, 0.3) is 0 Å². The summed E-state index contributed by atoms with van der Waals surface area (Å²) in [5.74, 6) is -0.153. The average Bonchev–Trinajstić information content (AvgIpc) is 3.42. The molecule has 2 N–H and O–H groups in total. The molecule has 0 unspecified atom stereocenters.